The van der Waals surface area contributed by atoms with E-state index in [1.807, 2.05) is 13.8 Å². The van der Waals surface area contributed by atoms with E-state index in [2.05, 4.69) is 15.6 Å². The van der Waals surface area contributed by atoms with Gasteiger partial charge in [0.05, 0.1) is 24.2 Å². The molecule has 0 radical (unpaired) electrons. The van der Waals surface area contributed by atoms with E-state index in [0.29, 0.717) is 18.8 Å². The Hall–Kier alpha value is -2.81. The fourth-order valence-electron chi connectivity index (χ4n) is 2.58. The van der Waals surface area contributed by atoms with Crippen molar-refractivity contribution in [3.8, 4) is 0 Å². The summed E-state index contributed by atoms with van der Waals surface area (Å²) in [4.78, 5) is 42.4. The molecule has 0 aliphatic heterocycles. The Labute approximate surface area is 173 Å². The molecule has 1 heterocycles. The predicted octanol–water partition coefficient (Wildman–Crippen LogP) is 2.84. The number of anilines is 1. The molecule has 156 valence electrons. The second-order valence-corrected chi connectivity index (χ2v) is 7.28. The monoisotopic (exact) mass is 420 g/mol. The maximum absolute atomic E-state index is 13.7. The van der Waals surface area contributed by atoms with Gasteiger partial charge in [0.1, 0.15) is 5.82 Å². The summed E-state index contributed by atoms with van der Waals surface area (Å²) in [5.41, 5.74) is 0.409. The largest absolute Gasteiger partial charge is 0.355 e. The molecule has 0 aliphatic carbocycles. The van der Waals surface area contributed by atoms with Crippen LogP contribution in [0.5, 0.6) is 0 Å². The molecule has 0 saturated carbocycles. The van der Waals surface area contributed by atoms with Gasteiger partial charge in [0, 0.05) is 18.5 Å². The average Bonchev–Trinajstić information content (AvgIpc) is 3.12. The molecule has 2 aromatic rings. The van der Waals surface area contributed by atoms with Crippen LogP contribution in [0.1, 0.15) is 42.7 Å². The van der Waals surface area contributed by atoms with Gasteiger partial charge in [0.2, 0.25) is 11.8 Å². The fraction of sp³-hybridized carbons (Fsp3) is 0.400. The van der Waals surface area contributed by atoms with Gasteiger partial charge in [-0.1, -0.05) is 26.0 Å². The normalized spacial score (nSPS) is 10.4. The summed E-state index contributed by atoms with van der Waals surface area (Å²) in [6.07, 6.45) is 1.58. The first-order valence-electron chi connectivity index (χ1n) is 9.49. The average molecular weight is 421 g/mol. The summed E-state index contributed by atoms with van der Waals surface area (Å²) in [7, 11) is 0. The van der Waals surface area contributed by atoms with E-state index in [1.165, 1.54) is 23.1 Å². The number of carbonyl (C=O) groups is 3. The lowest BCUT2D eigenvalue weighted by molar-refractivity contribution is -0.135. The van der Waals surface area contributed by atoms with Gasteiger partial charge >= 0.3 is 0 Å². The number of rotatable bonds is 10. The van der Waals surface area contributed by atoms with E-state index >= 15 is 0 Å². The highest BCUT2D eigenvalue weighted by molar-refractivity contribution is 7.14. The molecule has 0 spiro atoms. The molecule has 0 bridgehead atoms. The van der Waals surface area contributed by atoms with Crippen LogP contribution in [0.2, 0.25) is 0 Å². The number of amides is 3. The van der Waals surface area contributed by atoms with E-state index in [9.17, 15) is 18.8 Å². The number of benzene rings is 1. The van der Waals surface area contributed by atoms with Crippen molar-refractivity contribution in [3.05, 3.63) is 46.7 Å². The smallest absolute Gasteiger partial charge is 0.260 e. The van der Waals surface area contributed by atoms with Crippen molar-refractivity contribution < 1.29 is 18.8 Å². The Morgan fingerprint density at radius 1 is 1.17 bits per heavy atom. The van der Waals surface area contributed by atoms with Crippen LogP contribution >= 0.6 is 11.3 Å². The Balaban J connectivity index is 1.96. The van der Waals surface area contributed by atoms with Gasteiger partial charge in [0.15, 0.2) is 5.13 Å². The second-order valence-electron chi connectivity index (χ2n) is 6.42. The molecule has 2 rings (SSSR count). The molecule has 7 nitrogen and oxygen atoms in total. The number of carbonyl (C=O) groups excluding carboxylic acids is 3. The van der Waals surface area contributed by atoms with Crippen molar-refractivity contribution in [2.75, 3.05) is 25.0 Å². The van der Waals surface area contributed by atoms with Crippen LogP contribution in [0.4, 0.5) is 9.52 Å². The van der Waals surface area contributed by atoms with Crippen molar-refractivity contribution in [1.82, 2.24) is 15.2 Å². The lowest BCUT2D eigenvalue weighted by Crippen LogP contribution is -2.42. The summed E-state index contributed by atoms with van der Waals surface area (Å²) in [6.45, 7) is 4.95. The summed E-state index contributed by atoms with van der Waals surface area (Å²) in [5, 5.41) is 7.25. The molecule has 0 saturated heterocycles. The number of hydrogen-bond donors (Lipinski definition) is 2. The third-order valence-electron chi connectivity index (χ3n) is 3.98. The zero-order valence-electron chi connectivity index (χ0n) is 16.5. The van der Waals surface area contributed by atoms with Gasteiger partial charge in [-0.3, -0.25) is 19.7 Å². The molecule has 0 atom stereocenters. The molecule has 0 aliphatic rings. The Kier molecular flexibility index (Phi) is 8.72. The Morgan fingerprint density at radius 3 is 2.62 bits per heavy atom. The zero-order chi connectivity index (χ0) is 21.2. The summed E-state index contributed by atoms with van der Waals surface area (Å²) in [6, 6.07) is 5.67. The van der Waals surface area contributed by atoms with Crippen LogP contribution < -0.4 is 10.6 Å². The topological polar surface area (TPSA) is 91.4 Å². The molecular weight excluding hydrogens is 395 g/mol. The third kappa shape index (κ3) is 6.94. The molecule has 9 heteroatoms. The van der Waals surface area contributed by atoms with E-state index in [1.54, 1.807) is 11.4 Å². The molecular formula is C20H25FN4O3S. The standard InChI is InChI=1S/C20H25FN4O3S/c1-3-9-22-17(26)12-25(10-4-2)18(27)11-14-13-29-20(23-14)24-19(28)15-7-5-6-8-16(15)21/h5-8,13H,3-4,9-12H2,1-2H3,(H,22,26)(H,23,24,28). The van der Waals surface area contributed by atoms with Gasteiger partial charge < -0.3 is 10.2 Å². The molecule has 3 amide bonds. The first kappa shape index (κ1) is 22.5. The minimum absolute atomic E-state index is 0.00763. The minimum atomic E-state index is -0.617. The first-order chi connectivity index (χ1) is 13.9. The lowest BCUT2D eigenvalue weighted by atomic mass is 10.2. The van der Waals surface area contributed by atoms with Gasteiger partial charge in [-0.2, -0.15) is 0 Å². The summed E-state index contributed by atoms with van der Waals surface area (Å²) >= 11 is 1.15. The molecule has 0 fully saturated rings. The fourth-order valence-corrected chi connectivity index (χ4v) is 3.28. The first-order valence-corrected chi connectivity index (χ1v) is 10.4. The van der Waals surface area contributed by atoms with Crippen molar-refractivity contribution in [3.63, 3.8) is 0 Å². The highest BCUT2D eigenvalue weighted by atomic mass is 32.1. The second kappa shape index (κ2) is 11.3. The van der Waals surface area contributed by atoms with Gasteiger partial charge in [-0.05, 0) is 25.0 Å². The van der Waals surface area contributed by atoms with Gasteiger partial charge in [-0.15, -0.1) is 11.3 Å². The molecule has 1 aromatic heterocycles. The molecule has 1 aromatic carbocycles. The highest BCUT2D eigenvalue weighted by Gasteiger charge is 2.19. The van der Waals surface area contributed by atoms with Crippen molar-refractivity contribution in [2.45, 2.75) is 33.1 Å². The maximum atomic E-state index is 13.7. The quantitative estimate of drug-likeness (QED) is 0.618. The molecule has 29 heavy (non-hydrogen) atoms. The molecule has 0 unspecified atom stereocenters. The van der Waals surface area contributed by atoms with Crippen LogP contribution in [0.15, 0.2) is 29.6 Å². The van der Waals surface area contributed by atoms with Crippen molar-refractivity contribution in [1.29, 1.82) is 0 Å². The van der Waals surface area contributed by atoms with Gasteiger partial charge in [0.25, 0.3) is 5.91 Å². The van der Waals surface area contributed by atoms with E-state index < -0.39 is 11.7 Å². The van der Waals surface area contributed by atoms with Crippen LogP contribution in [-0.2, 0) is 16.0 Å². The highest BCUT2D eigenvalue weighted by Crippen LogP contribution is 2.18. The molecule has 2 N–H and O–H groups in total. The van der Waals surface area contributed by atoms with E-state index in [4.69, 9.17) is 0 Å². The summed E-state index contributed by atoms with van der Waals surface area (Å²) < 4.78 is 13.7. The number of aromatic nitrogens is 1. The van der Waals surface area contributed by atoms with E-state index in [0.717, 1.165) is 24.2 Å². The van der Waals surface area contributed by atoms with Gasteiger partial charge in [-0.25, -0.2) is 9.37 Å². The summed E-state index contributed by atoms with van der Waals surface area (Å²) in [5.74, 6) is -1.62. The van der Waals surface area contributed by atoms with Crippen molar-refractivity contribution in [2.24, 2.45) is 0 Å². The zero-order valence-corrected chi connectivity index (χ0v) is 17.4. The number of halogens is 1. The Bertz CT molecular complexity index is 856. The number of hydrogen-bond acceptors (Lipinski definition) is 5. The Morgan fingerprint density at radius 2 is 1.93 bits per heavy atom. The van der Waals surface area contributed by atoms with Crippen LogP contribution in [0, 0.1) is 5.82 Å². The third-order valence-corrected chi connectivity index (χ3v) is 4.78. The van der Waals surface area contributed by atoms with Crippen LogP contribution in [-0.4, -0.2) is 47.2 Å². The predicted molar refractivity (Wildman–Crippen MR) is 110 cm³/mol. The van der Waals surface area contributed by atoms with Crippen molar-refractivity contribution >= 4 is 34.2 Å². The van der Waals surface area contributed by atoms with Crippen LogP contribution in [0.3, 0.4) is 0 Å². The number of nitrogens with one attached hydrogen (secondary N) is 2. The number of thiazole rings is 1. The van der Waals surface area contributed by atoms with E-state index in [-0.39, 0.29) is 35.5 Å². The SMILES string of the molecule is CCCNC(=O)CN(CCC)C(=O)Cc1csc(NC(=O)c2ccccc2F)n1. The number of nitrogens with zero attached hydrogens (tertiary/aromatic N) is 2. The maximum Gasteiger partial charge on any atom is 0.260 e. The minimum Gasteiger partial charge on any atom is -0.355 e. The lowest BCUT2D eigenvalue weighted by Gasteiger charge is -2.21. The van der Waals surface area contributed by atoms with Crippen LogP contribution in [0.25, 0.3) is 0 Å².